The molecule has 1 aliphatic heterocycles. The van der Waals surface area contributed by atoms with Crippen LogP contribution in [0.2, 0.25) is 0 Å². The molecule has 0 spiro atoms. The van der Waals surface area contributed by atoms with Crippen molar-refractivity contribution in [1.82, 2.24) is 9.97 Å². The first-order chi connectivity index (χ1) is 16.4. The lowest BCUT2D eigenvalue weighted by atomic mass is 10.0. The molecular weight excluding hydrogens is 454 g/mol. The van der Waals surface area contributed by atoms with Gasteiger partial charge in [-0.1, -0.05) is 6.07 Å². The van der Waals surface area contributed by atoms with Crippen LogP contribution in [0, 0.1) is 11.3 Å². The average molecular weight is 476 g/mol. The predicted octanol–water partition coefficient (Wildman–Crippen LogP) is 4.39. The third-order valence-corrected chi connectivity index (χ3v) is 6.79. The lowest BCUT2D eigenvalue weighted by molar-refractivity contribution is 0.0254. The number of rotatable bonds is 5. The van der Waals surface area contributed by atoms with Gasteiger partial charge in [0.05, 0.1) is 23.7 Å². The fraction of sp³-hybridized carbons (Fsp3) is 0.240. The van der Waals surface area contributed by atoms with Crippen LogP contribution in [0.1, 0.15) is 18.4 Å². The molecule has 1 saturated heterocycles. The highest BCUT2D eigenvalue weighted by atomic mass is 32.2. The molecule has 0 bridgehead atoms. The third-order valence-electron chi connectivity index (χ3n) is 5.71. The summed E-state index contributed by atoms with van der Waals surface area (Å²) in [7, 11) is -3.41. The number of ether oxygens (including phenoxy) is 2. The Morgan fingerprint density at radius 3 is 2.68 bits per heavy atom. The van der Waals surface area contributed by atoms with Crippen molar-refractivity contribution >= 4 is 20.9 Å². The number of hydrogen-bond acceptors (Lipinski definition) is 8. The Kier molecular flexibility index (Phi) is 5.77. The number of benzene rings is 1. The van der Waals surface area contributed by atoms with E-state index >= 15 is 0 Å². The van der Waals surface area contributed by atoms with Crippen molar-refractivity contribution in [3.63, 3.8) is 0 Å². The van der Waals surface area contributed by atoms with E-state index in [-0.39, 0.29) is 11.0 Å². The normalized spacial score (nSPS) is 14.7. The molecule has 1 aliphatic rings. The van der Waals surface area contributed by atoms with Crippen molar-refractivity contribution < 1.29 is 22.3 Å². The van der Waals surface area contributed by atoms with Crippen molar-refractivity contribution in [2.75, 3.05) is 19.5 Å². The van der Waals surface area contributed by atoms with E-state index in [9.17, 15) is 13.7 Å². The maximum absolute atomic E-state index is 11.9. The summed E-state index contributed by atoms with van der Waals surface area (Å²) in [6, 6.07) is 12.8. The molecule has 0 aliphatic carbocycles. The summed E-state index contributed by atoms with van der Waals surface area (Å²) in [6.45, 7) is 1.31. The van der Waals surface area contributed by atoms with Gasteiger partial charge in [-0.15, -0.1) is 0 Å². The molecule has 0 atom stereocenters. The molecular formula is C25H21N3O5S. The molecule has 1 fully saturated rings. The lowest BCUT2D eigenvalue weighted by Gasteiger charge is -2.23. The number of sulfone groups is 1. The van der Waals surface area contributed by atoms with Crippen LogP contribution in [-0.4, -0.2) is 44.0 Å². The number of furan rings is 1. The van der Waals surface area contributed by atoms with Crippen LogP contribution in [0.25, 0.3) is 33.6 Å². The van der Waals surface area contributed by atoms with Crippen molar-refractivity contribution in [3.8, 4) is 34.3 Å². The number of aromatic nitrogens is 2. The van der Waals surface area contributed by atoms with Gasteiger partial charge < -0.3 is 13.9 Å². The largest absolute Gasteiger partial charge is 0.489 e. The highest BCUT2D eigenvalue weighted by molar-refractivity contribution is 7.90. The van der Waals surface area contributed by atoms with Crippen LogP contribution < -0.4 is 4.74 Å². The zero-order valence-corrected chi connectivity index (χ0v) is 19.2. The number of hydrogen-bond donors (Lipinski definition) is 0. The maximum Gasteiger partial charge on any atom is 0.177 e. The minimum atomic E-state index is -3.41. The predicted molar refractivity (Wildman–Crippen MR) is 125 cm³/mol. The highest BCUT2D eigenvalue weighted by Crippen LogP contribution is 2.35. The topological polar surface area (TPSA) is 115 Å². The summed E-state index contributed by atoms with van der Waals surface area (Å²) >= 11 is 0. The standard InChI is InChI=1S/C25H21N3O5S/c1-34(29,30)20-11-18(14-27-15-20)24-12-22-25(33-24)21(4-7-28-22)16-2-3-23(17(10-16)13-26)32-19-5-8-31-9-6-19/h2-4,7,10-12,14-15,19H,5-6,8-9H2,1H3. The van der Waals surface area contributed by atoms with Gasteiger partial charge in [0.15, 0.2) is 15.4 Å². The van der Waals surface area contributed by atoms with Gasteiger partial charge in [0.2, 0.25) is 0 Å². The second-order valence-electron chi connectivity index (χ2n) is 8.12. The lowest BCUT2D eigenvalue weighted by Crippen LogP contribution is -2.26. The maximum atomic E-state index is 11.9. The van der Waals surface area contributed by atoms with Gasteiger partial charge >= 0.3 is 0 Å². The molecule has 0 unspecified atom stereocenters. The molecule has 3 aromatic heterocycles. The van der Waals surface area contributed by atoms with Gasteiger partial charge in [-0.05, 0) is 29.8 Å². The van der Waals surface area contributed by atoms with Crippen molar-refractivity contribution in [1.29, 1.82) is 5.26 Å². The minimum Gasteiger partial charge on any atom is -0.489 e. The van der Waals surface area contributed by atoms with E-state index in [0.717, 1.165) is 30.2 Å². The summed E-state index contributed by atoms with van der Waals surface area (Å²) in [5, 5.41) is 9.73. The third kappa shape index (κ3) is 4.38. The molecule has 0 radical (unpaired) electrons. The van der Waals surface area contributed by atoms with E-state index in [1.807, 2.05) is 12.1 Å². The van der Waals surface area contributed by atoms with Crippen LogP contribution in [-0.2, 0) is 14.6 Å². The molecule has 1 aromatic carbocycles. The van der Waals surface area contributed by atoms with Gasteiger partial charge in [0, 0.05) is 54.9 Å². The fourth-order valence-corrected chi connectivity index (χ4v) is 4.52. The van der Waals surface area contributed by atoms with Crippen molar-refractivity contribution in [3.05, 3.63) is 60.6 Å². The Bertz CT molecular complexity index is 1520. The molecule has 34 heavy (non-hydrogen) atoms. The summed E-state index contributed by atoms with van der Waals surface area (Å²) in [4.78, 5) is 8.54. The summed E-state index contributed by atoms with van der Waals surface area (Å²) in [6.07, 6.45) is 7.27. The van der Waals surface area contributed by atoms with Crippen LogP contribution in [0.5, 0.6) is 5.75 Å². The van der Waals surface area contributed by atoms with Crippen LogP contribution >= 0.6 is 0 Å². The quantitative estimate of drug-likeness (QED) is 0.417. The van der Waals surface area contributed by atoms with Crippen molar-refractivity contribution in [2.45, 2.75) is 23.8 Å². The van der Waals surface area contributed by atoms with E-state index in [1.165, 1.54) is 12.3 Å². The molecule has 0 N–H and O–H groups in total. The van der Waals surface area contributed by atoms with Gasteiger partial charge in [-0.3, -0.25) is 9.97 Å². The number of nitrogens with zero attached hydrogens (tertiary/aromatic N) is 3. The Balaban J connectivity index is 1.52. The molecule has 5 rings (SSSR count). The summed E-state index contributed by atoms with van der Waals surface area (Å²) in [5.41, 5.74) is 3.66. The van der Waals surface area contributed by atoms with E-state index < -0.39 is 9.84 Å². The number of nitriles is 1. The van der Waals surface area contributed by atoms with Crippen LogP contribution in [0.15, 0.2) is 64.3 Å². The molecule has 0 saturated carbocycles. The van der Waals surface area contributed by atoms with Gasteiger partial charge in [0.25, 0.3) is 0 Å². The SMILES string of the molecule is CS(=O)(=O)c1cncc(-c2cc3nccc(-c4ccc(OC5CCOCC5)c(C#N)c4)c3o2)c1. The Hall–Kier alpha value is -3.74. The zero-order chi connectivity index (χ0) is 23.7. The minimum absolute atomic E-state index is 0.0308. The Morgan fingerprint density at radius 2 is 1.91 bits per heavy atom. The smallest absolute Gasteiger partial charge is 0.177 e. The zero-order valence-electron chi connectivity index (χ0n) is 18.4. The van der Waals surface area contributed by atoms with Gasteiger partial charge in [-0.25, -0.2) is 8.42 Å². The average Bonchev–Trinajstić information content (AvgIpc) is 3.29. The van der Waals surface area contributed by atoms with E-state index in [1.54, 1.807) is 30.6 Å². The van der Waals surface area contributed by atoms with E-state index in [2.05, 4.69) is 16.0 Å². The number of pyridine rings is 2. The molecule has 4 aromatic rings. The molecule has 0 amide bonds. The van der Waals surface area contributed by atoms with Crippen LogP contribution in [0.3, 0.4) is 0 Å². The first-order valence-electron chi connectivity index (χ1n) is 10.8. The molecule has 8 nitrogen and oxygen atoms in total. The molecule has 4 heterocycles. The van der Waals surface area contributed by atoms with Gasteiger partial charge in [0.1, 0.15) is 29.2 Å². The van der Waals surface area contributed by atoms with Gasteiger partial charge in [-0.2, -0.15) is 5.26 Å². The second kappa shape index (κ2) is 8.89. The monoisotopic (exact) mass is 475 g/mol. The van der Waals surface area contributed by atoms with Crippen LogP contribution in [0.4, 0.5) is 0 Å². The second-order valence-corrected chi connectivity index (χ2v) is 10.1. The van der Waals surface area contributed by atoms with Crippen molar-refractivity contribution in [2.24, 2.45) is 0 Å². The summed E-state index contributed by atoms with van der Waals surface area (Å²) < 4.78 is 41.4. The molecule has 172 valence electrons. The summed E-state index contributed by atoms with van der Waals surface area (Å²) in [5.74, 6) is 1.00. The van der Waals surface area contributed by atoms with E-state index in [4.69, 9.17) is 13.9 Å². The van der Waals surface area contributed by atoms with E-state index in [0.29, 0.717) is 47.0 Å². The first-order valence-corrected chi connectivity index (χ1v) is 12.6. The fourth-order valence-electron chi connectivity index (χ4n) is 3.93. The molecule has 9 heteroatoms. The Morgan fingerprint density at radius 1 is 1.09 bits per heavy atom. The highest BCUT2D eigenvalue weighted by Gasteiger charge is 2.19. The Labute approximate surface area is 196 Å². The number of fused-ring (bicyclic) bond motifs is 1. The first kappa shape index (κ1) is 22.1.